The maximum atomic E-state index is 13.5. The number of esters is 1. The summed E-state index contributed by atoms with van der Waals surface area (Å²) in [6.45, 7) is 11.9. The second-order valence-electron chi connectivity index (χ2n) is 13.9. The molecule has 3 aliphatic rings. The molecular weight excluding hydrogens is 643 g/mol. The minimum absolute atomic E-state index is 0.0273. The predicted molar refractivity (Wildman–Crippen MR) is 190 cm³/mol. The molecule has 5 heterocycles. The van der Waals surface area contributed by atoms with E-state index in [1.165, 1.54) is 16.6 Å². The first-order valence-corrected chi connectivity index (χ1v) is 18.8. The number of rotatable bonds is 4. The largest absolute Gasteiger partial charge is 0.464 e. The number of amides is 1. The van der Waals surface area contributed by atoms with Crippen LogP contribution >= 0.6 is 11.8 Å². The van der Waals surface area contributed by atoms with Gasteiger partial charge in [0.05, 0.1) is 33.5 Å². The summed E-state index contributed by atoms with van der Waals surface area (Å²) >= 11 is 1.93. The van der Waals surface area contributed by atoms with Gasteiger partial charge in [0.1, 0.15) is 6.04 Å². The third-order valence-electron chi connectivity index (χ3n) is 9.69. The standard InChI is InChI=1S/C35H45N5O4SSi2/c1-6-39-28-12-11-22-17-25(28)26(30(39)24-9-7-13-36-31(24)35(4,47)43-5)19-34(2,3)21-44-33(42)27-10-8-14-40(37-27)32(41)29(46)18-23-20-38(22)15-16-45-23/h7,9,11-13,17,23,27,29,37H,6,8,10,14-16,18-21H2,1-5H3/t23-,27-,29-,35+/m0/s1. The molecule has 1 aromatic carbocycles. The molecule has 248 valence electrons. The highest BCUT2D eigenvalue weighted by atomic mass is 32.2. The van der Waals surface area contributed by atoms with E-state index in [9.17, 15) is 9.59 Å². The topological polar surface area (TPSA) is 88.9 Å². The molecule has 6 radical (unpaired) electrons. The summed E-state index contributed by atoms with van der Waals surface area (Å²) in [6, 6.07) is 10.4. The fourth-order valence-electron chi connectivity index (χ4n) is 7.16. The number of pyridine rings is 1. The number of hydrazine groups is 1. The van der Waals surface area contributed by atoms with Crippen molar-refractivity contribution < 1.29 is 19.1 Å². The van der Waals surface area contributed by atoms with Gasteiger partial charge >= 0.3 is 5.97 Å². The first-order valence-electron chi connectivity index (χ1n) is 16.7. The SMILES string of the molecule is CCn1c(-c2cccnc2[C@@](C)([Si])OC)c2c3cc(ccc31)N1CCS[C@@H](C[C@H]([Si])C(=O)N3CCC[C@H](N3)C(=O)OCC(C)(C)C2)C1. The number of cyclic esters (lactones) is 1. The fourth-order valence-corrected chi connectivity index (χ4v) is 9.24. The highest BCUT2D eigenvalue weighted by Crippen LogP contribution is 2.42. The zero-order chi connectivity index (χ0) is 33.5. The van der Waals surface area contributed by atoms with E-state index in [2.05, 4.69) is 80.4 Å². The third-order valence-corrected chi connectivity index (χ3v) is 11.8. The lowest BCUT2D eigenvalue weighted by molar-refractivity contribution is -0.154. The Bertz CT molecular complexity index is 1650. The highest BCUT2D eigenvalue weighted by molar-refractivity contribution is 8.00. The van der Waals surface area contributed by atoms with Gasteiger partial charge < -0.3 is 18.9 Å². The molecule has 0 aliphatic carbocycles. The molecule has 2 aromatic heterocycles. The number of anilines is 1. The molecule has 0 unspecified atom stereocenters. The Morgan fingerprint density at radius 3 is 2.81 bits per heavy atom. The normalized spacial score (nSPS) is 25.3. The number of carbonyl (C=O) groups excluding carboxylic acids is 2. The van der Waals surface area contributed by atoms with Crippen molar-refractivity contribution >= 4 is 60.7 Å². The maximum Gasteiger partial charge on any atom is 0.324 e. The second-order valence-corrected chi connectivity index (χ2v) is 17.0. The highest BCUT2D eigenvalue weighted by Gasteiger charge is 2.36. The van der Waals surface area contributed by atoms with Crippen LogP contribution in [-0.2, 0) is 37.3 Å². The number of carbonyl (C=O) groups is 2. The summed E-state index contributed by atoms with van der Waals surface area (Å²) in [7, 11) is 9.31. The molecular formula is C35H45N5O4SSi2. The van der Waals surface area contributed by atoms with E-state index in [1.54, 1.807) is 18.3 Å². The van der Waals surface area contributed by atoms with Crippen LogP contribution in [0.3, 0.4) is 0 Å². The van der Waals surface area contributed by atoms with Crippen LogP contribution in [0.5, 0.6) is 0 Å². The van der Waals surface area contributed by atoms with Crippen molar-refractivity contribution in [3.8, 4) is 11.3 Å². The van der Waals surface area contributed by atoms with Crippen LogP contribution in [0, 0.1) is 5.41 Å². The molecule has 0 spiro atoms. The van der Waals surface area contributed by atoms with Gasteiger partial charge in [-0.05, 0) is 75.4 Å². The van der Waals surface area contributed by atoms with Crippen molar-refractivity contribution in [2.75, 3.05) is 44.0 Å². The Labute approximate surface area is 289 Å². The number of methoxy groups -OCH3 is 1. The van der Waals surface area contributed by atoms with E-state index in [4.69, 9.17) is 14.5 Å². The number of benzene rings is 1. The number of thioether (sulfide) groups is 1. The van der Waals surface area contributed by atoms with E-state index in [0.717, 1.165) is 54.3 Å². The smallest absolute Gasteiger partial charge is 0.324 e. The Morgan fingerprint density at radius 1 is 1.23 bits per heavy atom. The third kappa shape index (κ3) is 6.94. The lowest BCUT2D eigenvalue weighted by atomic mass is 9.84. The summed E-state index contributed by atoms with van der Waals surface area (Å²) in [5.41, 5.74) is 8.92. The number of aromatic nitrogens is 2. The van der Waals surface area contributed by atoms with Crippen molar-refractivity contribution in [2.24, 2.45) is 5.41 Å². The van der Waals surface area contributed by atoms with E-state index in [0.29, 0.717) is 25.8 Å². The van der Waals surface area contributed by atoms with Crippen molar-refractivity contribution in [1.29, 1.82) is 0 Å². The second kappa shape index (κ2) is 13.7. The van der Waals surface area contributed by atoms with Crippen molar-refractivity contribution in [3.05, 3.63) is 47.8 Å². The summed E-state index contributed by atoms with van der Waals surface area (Å²) in [5.74, 6) is 0.649. The minimum atomic E-state index is -0.792. The van der Waals surface area contributed by atoms with Gasteiger partial charge in [-0.2, -0.15) is 11.8 Å². The van der Waals surface area contributed by atoms with Crippen LogP contribution in [0.25, 0.3) is 22.2 Å². The van der Waals surface area contributed by atoms with Crippen molar-refractivity contribution in [1.82, 2.24) is 20.0 Å². The molecule has 12 heteroatoms. The first kappa shape index (κ1) is 34.2. The van der Waals surface area contributed by atoms with E-state index in [-0.39, 0.29) is 29.3 Å². The van der Waals surface area contributed by atoms with E-state index < -0.39 is 16.7 Å². The van der Waals surface area contributed by atoms with Gasteiger partial charge in [-0.15, -0.1) is 0 Å². The number of hydrogen-bond acceptors (Lipinski definition) is 8. The van der Waals surface area contributed by atoms with Crippen LogP contribution in [-0.4, -0.2) is 97.3 Å². The molecule has 1 N–H and O–H groups in total. The zero-order valence-corrected chi connectivity index (χ0v) is 30.9. The Morgan fingerprint density at radius 2 is 2.04 bits per heavy atom. The van der Waals surface area contributed by atoms with Crippen LogP contribution in [0.1, 0.15) is 58.2 Å². The predicted octanol–water partition coefficient (Wildman–Crippen LogP) is 4.60. The maximum absolute atomic E-state index is 13.5. The fraction of sp³-hybridized carbons (Fsp3) is 0.571. The molecule has 1 amide bonds. The van der Waals surface area contributed by atoms with Crippen LogP contribution < -0.4 is 10.3 Å². The molecule has 6 rings (SSSR count). The number of nitrogens with one attached hydrogen (secondary N) is 1. The van der Waals surface area contributed by atoms with Gasteiger partial charge in [0, 0.05) is 93.8 Å². The average Bonchev–Trinajstić information content (AvgIpc) is 3.38. The Kier molecular flexibility index (Phi) is 9.97. The van der Waals surface area contributed by atoms with Gasteiger partial charge in [0.2, 0.25) is 5.91 Å². The molecule has 2 saturated heterocycles. The average molecular weight is 688 g/mol. The van der Waals surface area contributed by atoms with Crippen molar-refractivity contribution in [2.45, 2.75) is 82.0 Å². The minimum Gasteiger partial charge on any atom is -0.464 e. The molecule has 9 nitrogen and oxygen atoms in total. The Hall–Kier alpha value is -2.65. The molecule has 6 bridgehead atoms. The number of aryl methyl sites for hydroxylation is 1. The first-order chi connectivity index (χ1) is 22.4. The quantitative estimate of drug-likeness (QED) is 0.315. The van der Waals surface area contributed by atoms with Gasteiger partial charge in [-0.25, -0.2) is 5.43 Å². The number of ether oxygens (including phenoxy) is 2. The molecule has 2 fully saturated rings. The summed E-state index contributed by atoms with van der Waals surface area (Å²) in [5, 5.41) is 2.30. The summed E-state index contributed by atoms with van der Waals surface area (Å²) in [4.78, 5) is 34.2. The summed E-state index contributed by atoms with van der Waals surface area (Å²) in [6.07, 6.45) is 4.56. The molecule has 3 aliphatic heterocycles. The number of fused-ring (bicyclic) bond motifs is 6. The van der Waals surface area contributed by atoms with Crippen LogP contribution in [0.4, 0.5) is 5.69 Å². The monoisotopic (exact) mass is 687 g/mol. The summed E-state index contributed by atoms with van der Waals surface area (Å²) < 4.78 is 14.3. The van der Waals surface area contributed by atoms with Gasteiger partial charge in [0.25, 0.3) is 0 Å². The molecule has 3 aromatic rings. The van der Waals surface area contributed by atoms with E-state index in [1.807, 2.05) is 24.8 Å². The Balaban J connectivity index is 1.50. The number of nitrogens with zero attached hydrogens (tertiary/aromatic N) is 4. The molecule has 47 heavy (non-hydrogen) atoms. The molecule has 4 atom stereocenters. The van der Waals surface area contributed by atoms with Gasteiger partial charge in [-0.1, -0.05) is 13.8 Å². The van der Waals surface area contributed by atoms with Gasteiger partial charge in [0.15, 0.2) is 0 Å². The number of hydrogen-bond donors (Lipinski definition) is 1. The molecule has 0 saturated carbocycles. The van der Waals surface area contributed by atoms with Crippen LogP contribution in [0.2, 0.25) is 5.54 Å². The lowest BCUT2D eigenvalue weighted by Crippen LogP contribution is -2.56. The van der Waals surface area contributed by atoms with Crippen molar-refractivity contribution in [3.63, 3.8) is 0 Å². The van der Waals surface area contributed by atoms with Crippen LogP contribution in [0.15, 0.2) is 36.5 Å². The van der Waals surface area contributed by atoms with Gasteiger partial charge in [-0.3, -0.25) is 19.6 Å². The lowest BCUT2D eigenvalue weighted by Gasteiger charge is -2.37. The zero-order valence-electron chi connectivity index (χ0n) is 28.1. The van der Waals surface area contributed by atoms with E-state index >= 15 is 0 Å².